The molecule has 212 valence electrons. The van der Waals surface area contributed by atoms with E-state index < -0.39 is 27.0 Å². The monoisotopic (exact) mass is 576 g/mol. The number of nitrogens with one attached hydrogen (secondary N) is 1. The first kappa shape index (κ1) is 27.8. The second-order valence-corrected chi connectivity index (χ2v) is 11.3. The third-order valence-corrected chi connectivity index (χ3v) is 8.55. The van der Waals surface area contributed by atoms with Gasteiger partial charge in [-0.1, -0.05) is 6.07 Å². The standard InChI is InChI=1S/C26H27F3N6O4S/c1-34-9-11-35(12-10-34)40(36,37)23-5-3-17(14-22(23)39-26(27,28)29)18-13-21-25(31-16-18)33-24(32-21)6-4-19-15-20(38-2)7-8-30-19/h3,5,7-8,13-16H,4,6,9-12H2,1-2H3,(H,31,32,33). The average Bonchev–Trinajstić information content (AvgIpc) is 3.33. The predicted molar refractivity (Wildman–Crippen MR) is 140 cm³/mol. The van der Waals surface area contributed by atoms with Crippen LogP contribution in [0.5, 0.6) is 11.5 Å². The minimum absolute atomic E-state index is 0.169. The molecule has 1 fully saturated rings. The molecule has 10 nitrogen and oxygen atoms in total. The second kappa shape index (κ2) is 11.0. The summed E-state index contributed by atoms with van der Waals surface area (Å²) in [6.07, 6.45) is -0.782. The third-order valence-electron chi connectivity index (χ3n) is 6.61. The van der Waals surface area contributed by atoms with E-state index in [0.29, 0.717) is 59.8 Å². The summed E-state index contributed by atoms with van der Waals surface area (Å²) in [7, 11) is -0.784. The van der Waals surface area contributed by atoms with Crippen molar-refractivity contribution in [1.82, 2.24) is 29.1 Å². The van der Waals surface area contributed by atoms with Crippen LogP contribution < -0.4 is 9.47 Å². The fraction of sp³-hybridized carbons (Fsp3) is 0.346. The van der Waals surface area contributed by atoms with Crippen LogP contribution in [0.25, 0.3) is 22.3 Å². The van der Waals surface area contributed by atoms with Crippen molar-refractivity contribution in [2.45, 2.75) is 24.1 Å². The highest BCUT2D eigenvalue weighted by Crippen LogP contribution is 2.36. The van der Waals surface area contributed by atoms with E-state index in [1.807, 2.05) is 18.0 Å². The average molecular weight is 577 g/mol. The highest BCUT2D eigenvalue weighted by Gasteiger charge is 2.36. The smallest absolute Gasteiger partial charge is 0.497 e. The molecule has 1 N–H and O–H groups in total. The van der Waals surface area contributed by atoms with Crippen LogP contribution in [0.15, 0.2) is 53.7 Å². The Morgan fingerprint density at radius 2 is 1.77 bits per heavy atom. The molecule has 1 saturated heterocycles. The first-order valence-corrected chi connectivity index (χ1v) is 13.9. The second-order valence-electron chi connectivity index (χ2n) is 9.38. The number of aromatic nitrogens is 4. The topological polar surface area (TPSA) is 114 Å². The van der Waals surface area contributed by atoms with Gasteiger partial charge in [0.25, 0.3) is 0 Å². The van der Waals surface area contributed by atoms with Crippen LogP contribution in [-0.2, 0) is 22.9 Å². The van der Waals surface area contributed by atoms with Gasteiger partial charge < -0.3 is 19.4 Å². The zero-order valence-corrected chi connectivity index (χ0v) is 22.6. The van der Waals surface area contributed by atoms with Crippen molar-refractivity contribution < 1.29 is 31.1 Å². The molecule has 0 spiro atoms. The normalized spacial score (nSPS) is 15.4. The van der Waals surface area contributed by atoms with E-state index >= 15 is 0 Å². The van der Waals surface area contributed by atoms with E-state index in [1.165, 1.54) is 16.6 Å². The number of aryl methyl sites for hydroxylation is 2. The van der Waals surface area contributed by atoms with E-state index in [4.69, 9.17) is 4.74 Å². The Kier molecular flexibility index (Phi) is 7.66. The molecule has 0 amide bonds. The highest BCUT2D eigenvalue weighted by atomic mass is 32.2. The van der Waals surface area contributed by atoms with Crippen molar-refractivity contribution in [3.8, 4) is 22.6 Å². The van der Waals surface area contributed by atoms with Crippen LogP contribution in [0.4, 0.5) is 13.2 Å². The number of pyridine rings is 2. The molecule has 5 rings (SSSR count). The summed E-state index contributed by atoms with van der Waals surface area (Å²) < 4.78 is 77.0. The number of rotatable bonds is 8. The Morgan fingerprint density at radius 3 is 2.50 bits per heavy atom. The number of halogens is 3. The van der Waals surface area contributed by atoms with Gasteiger partial charge >= 0.3 is 6.36 Å². The van der Waals surface area contributed by atoms with Gasteiger partial charge in [-0.25, -0.2) is 18.4 Å². The summed E-state index contributed by atoms with van der Waals surface area (Å²) in [5.74, 6) is 0.577. The molecular formula is C26H27F3N6O4S. The fourth-order valence-electron chi connectivity index (χ4n) is 4.46. The highest BCUT2D eigenvalue weighted by molar-refractivity contribution is 7.89. The maximum absolute atomic E-state index is 13.3. The Hall–Kier alpha value is -3.75. The maximum atomic E-state index is 13.3. The number of benzene rings is 1. The van der Waals surface area contributed by atoms with Crippen molar-refractivity contribution >= 4 is 21.2 Å². The van der Waals surface area contributed by atoms with Crippen molar-refractivity contribution in [2.75, 3.05) is 40.3 Å². The number of ether oxygens (including phenoxy) is 2. The molecule has 40 heavy (non-hydrogen) atoms. The number of hydrogen-bond acceptors (Lipinski definition) is 8. The molecular weight excluding hydrogens is 549 g/mol. The molecule has 0 saturated carbocycles. The van der Waals surface area contributed by atoms with Gasteiger partial charge in [0.15, 0.2) is 5.65 Å². The molecule has 14 heteroatoms. The molecule has 1 aliphatic rings. The number of hydrogen-bond donors (Lipinski definition) is 1. The molecule has 0 radical (unpaired) electrons. The van der Waals surface area contributed by atoms with Gasteiger partial charge in [0.05, 0.1) is 7.11 Å². The van der Waals surface area contributed by atoms with E-state index in [-0.39, 0.29) is 13.1 Å². The molecule has 0 bridgehead atoms. The number of fused-ring (bicyclic) bond motifs is 1. The largest absolute Gasteiger partial charge is 0.573 e. The number of aromatic amines is 1. The number of piperazine rings is 1. The number of sulfonamides is 1. The number of nitrogens with zero attached hydrogens (tertiary/aromatic N) is 5. The van der Waals surface area contributed by atoms with Gasteiger partial charge in [0.2, 0.25) is 10.0 Å². The zero-order chi connectivity index (χ0) is 28.5. The van der Waals surface area contributed by atoms with Crippen LogP contribution in [-0.4, -0.2) is 84.3 Å². The summed E-state index contributed by atoms with van der Waals surface area (Å²) in [5.41, 5.74) is 2.61. The lowest BCUT2D eigenvalue weighted by Gasteiger charge is -2.32. The number of alkyl halides is 3. The van der Waals surface area contributed by atoms with E-state index in [1.54, 1.807) is 25.4 Å². The van der Waals surface area contributed by atoms with Gasteiger partial charge in [-0.2, -0.15) is 4.31 Å². The lowest BCUT2D eigenvalue weighted by atomic mass is 10.1. The molecule has 0 atom stereocenters. The molecule has 1 aromatic carbocycles. The summed E-state index contributed by atoms with van der Waals surface area (Å²) in [6.45, 7) is 1.28. The number of methoxy groups -OCH3 is 1. The van der Waals surface area contributed by atoms with Gasteiger partial charge in [-0.15, -0.1) is 13.2 Å². The van der Waals surface area contributed by atoms with Crippen molar-refractivity contribution in [3.63, 3.8) is 0 Å². The first-order chi connectivity index (χ1) is 19.0. The third kappa shape index (κ3) is 6.18. The van der Waals surface area contributed by atoms with Gasteiger partial charge in [0.1, 0.15) is 27.7 Å². The molecule has 4 heterocycles. The molecule has 1 aliphatic heterocycles. The van der Waals surface area contributed by atoms with Crippen LogP contribution in [0.2, 0.25) is 0 Å². The number of likely N-dealkylation sites (N-methyl/N-ethyl adjacent to an activating group) is 1. The summed E-state index contributed by atoms with van der Waals surface area (Å²) >= 11 is 0. The van der Waals surface area contributed by atoms with Gasteiger partial charge in [-0.05, 0) is 43.3 Å². The van der Waals surface area contributed by atoms with Crippen LogP contribution in [0, 0.1) is 0 Å². The lowest BCUT2D eigenvalue weighted by Crippen LogP contribution is -2.47. The Labute approximate surface area is 228 Å². The Balaban J connectivity index is 1.42. The van der Waals surface area contributed by atoms with Gasteiger partial charge in [0, 0.05) is 62.3 Å². The quantitative estimate of drug-likeness (QED) is 0.338. The maximum Gasteiger partial charge on any atom is 0.573 e. The molecule has 0 aliphatic carbocycles. The molecule has 4 aromatic rings. The predicted octanol–water partition coefficient (Wildman–Crippen LogP) is 3.65. The van der Waals surface area contributed by atoms with Gasteiger partial charge in [-0.3, -0.25) is 4.98 Å². The lowest BCUT2D eigenvalue weighted by molar-refractivity contribution is -0.275. The number of H-pyrrole nitrogens is 1. The van der Waals surface area contributed by atoms with Crippen molar-refractivity contribution in [1.29, 1.82) is 0 Å². The minimum Gasteiger partial charge on any atom is -0.497 e. The summed E-state index contributed by atoms with van der Waals surface area (Å²) in [5, 5.41) is 0. The Morgan fingerprint density at radius 1 is 1.00 bits per heavy atom. The van der Waals surface area contributed by atoms with Crippen LogP contribution >= 0.6 is 0 Å². The van der Waals surface area contributed by atoms with E-state index in [2.05, 4.69) is 24.7 Å². The summed E-state index contributed by atoms with van der Waals surface area (Å²) in [4.78, 5) is 17.8. The molecule has 3 aromatic heterocycles. The van der Waals surface area contributed by atoms with Crippen molar-refractivity contribution in [3.05, 3.63) is 60.3 Å². The van der Waals surface area contributed by atoms with E-state index in [9.17, 15) is 21.6 Å². The fourth-order valence-corrected chi connectivity index (χ4v) is 5.98. The molecule has 0 unspecified atom stereocenters. The van der Waals surface area contributed by atoms with E-state index in [0.717, 1.165) is 17.8 Å². The summed E-state index contributed by atoms with van der Waals surface area (Å²) in [6, 6.07) is 8.93. The van der Waals surface area contributed by atoms with Crippen LogP contribution in [0.3, 0.4) is 0 Å². The minimum atomic E-state index is -5.08. The first-order valence-electron chi connectivity index (χ1n) is 12.4. The SMILES string of the molecule is COc1ccnc(CCc2nc3cc(-c4ccc(S(=O)(=O)N5CCN(C)CC5)c(OC(F)(F)F)c4)cnc3[nH]2)c1. The van der Waals surface area contributed by atoms with Crippen LogP contribution in [0.1, 0.15) is 11.5 Å². The van der Waals surface area contributed by atoms with Crippen molar-refractivity contribution in [2.24, 2.45) is 0 Å². The zero-order valence-electron chi connectivity index (χ0n) is 21.8. The number of imidazole rings is 1. The Bertz CT molecular complexity index is 1620.